The Balaban J connectivity index is 3.33. The predicted octanol–water partition coefficient (Wildman–Crippen LogP) is -0.465. The maximum Gasteiger partial charge on any atom is 0.354 e. The quantitative estimate of drug-likeness (QED) is 0.588. The molecule has 0 saturated heterocycles. The normalized spacial score (nSPS) is 9.09. The van der Waals surface area contributed by atoms with Crippen molar-refractivity contribution in [1.29, 1.82) is 0 Å². The first kappa shape index (κ1) is 7.33. The molecule has 0 aliphatic carbocycles. The molecular formula is C6H4N2O3. The third kappa shape index (κ3) is 1.82. The Hall–Kier alpha value is -1.78. The molecule has 1 aromatic heterocycles. The van der Waals surface area contributed by atoms with E-state index in [1.54, 1.807) is 0 Å². The lowest BCUT2D eigenvalue weighted by Gasteiger charge is -1.81. The predicted molar refractivity (Wildman–Crippen MR) is 35.3 cm³/mol. The van der Waals surface area contributed by atoms with Crippen LogP contribution in [0.1, 0.15) is 10.5 Å². The van der Waals surface area contributed by atoms with E-state index in [4.69, 9.17) is 5.11 Å². The molecule has 0 aliphatic heterocycles. The summed E-state index contributed by atoms with van der Waals surface area (Å²) in [5, 5.41) is 8.39. The number of hydrogen-bond donors (Lipinski definition) is 1. The first-order valence-corrected chi connectivity index (χ1v) is 2.76. The molecule has 0 saturated carbocycles. The van der Waals surface area contributed by atoms with Crippen LogP contribution in [0.25, 0.3) is 0 Å². The third-order valence-corrected chi connectivity index (χ3v) is 0.953. The molecule has 11 heavy (non-hydrogen) atoms. The number of aromatic nitrogens is 2. The van der Waals surface area contributed by atoms with Gasteiger partial charge in [0.1, 0.15) is 0 Å². The van der Waals surface area contributed by atoms with E-state index < -0.39 is 11.5 Å². The Bertz CT molecular complexity index is 337. The molecule has 1 N–H and O–H groups in total. The van der Waals surface area contributed by atoms with E-state index in [0.717, 1.165) is 12.3 Å². The first-order valence-electron chi connectivity index (χ1n) is 2.76. The van der Waals surface area contributed by atoms with Crippen LogP contribution in [0.2, 0.25) is 0 Å². The zero-order chi connectivity index (χ0) is 8.27. The van der Waals surface area contributed by atoms with Crippen LogP contribution in [0, 0.1) is 0 Å². The van der Waals surface area contributed by atoms with Crippen molar-refractivity contribution in [3.8, 4) is 0 Å². The van der Waals surface area contributed by atoms with Crippen molar-refractivity contribution < 1.29 is 9.90 Å². The fourth-order valence-corrected chi connectivity index (χ4v) is 0.524. The van der Waals surface area contributed by atoms with Crippen molar-refractivity contribution in [2.75, 3.05) is 0 Å². The Labute approximate surface area is 61.4 Å². The number of carboxylic acid groups (broad SMARTS) is 1. The number of hydrogen-bond acceptors (Lipinski definition) is 4. The van der Waals surface area contributed by atoms with Gasteiger partial charge in [-0.15, -0.1) is 0 Å². The van der Waals surface area contributed by atoms with Gasteiger partial charge in [-0.3, -0.25) is 9.78 Å². The average Bonchev–Trinajstić information content (AvgIpc) is 2.13. The molecule has 0 aromatic carbocycles. The summed E-state index contributed by atoms with van der Waals surface area (Å²) in [4.78, 5) is 27.5. The SMILES string of the molecule is O=C(O)c1ccncc(=O)n1. The highest BCUT2D eigenvalue weighted by molar-refractivity contribution is 5.84. The lowest BCUT2D eigenvalue weighted by Crippen LogP contribution is -2.07. The van der Waals surface area contributed by atoms with Crippen molar-refractivity contribution in [1.82, 2.24) is 9.97 Å². The molecule has 1 heterocycles. The number of rotatable bonds is 1. The maximum atomic E-state index is 10.6. The summed E-state index contributed by atoms with van der Waals surface area (Å²) in [6, 6.07) is 1.16. The fourth-order valence-electron chi connectivity index (χ4n) is 0.524. The molecule has 0 unspecified atom stereocenters. The standard InChI is InChI=1S/C6H4N2O3/c9-5-3-7-2-1-4(8-5)6(10)11/h1-3H,(H,10,11). The van der Waals surface area contributed by atoms with E-state index in [-0.39, 0.29) is 5.69 Å². The van der Waals surface area contributed by atoms with Crippen LogP contribution in [-0.2, 0) is 0 Å². The molecule has 0 fully saturated rings. The summed E-state index contributed by atoms with van der Waals surface area (Å²) in [7, 11) is 0. The highest BCUT2D eigenvalue weighted by Gasteiger charge is 2.01. The molecule has 1 rings (SSSR count). The Morgan fingerprint density at radius 1 is 1.55 bits per heavy atom. The summed E-state index contributed by atoms with van der Waals surface area (Å²) >= 11 is 0. The van der Waals surface area contributed by atoms with Gasteiger partial charge in [0.05, 0.1) is 6.20 Å². The van der Waals surface area contributed by atoms with Gasteiger partial charge in [0.25, 0.3) is 5.56 Å². The van der Waals surface area contributed by atoms with Gasteiger partial charge in [-0.1, -0.05) is 0 Å². The van der Waals surface area contributed by atoms with Crippen LogP contribution in [-0.4, -0.2) is 21.0 Å². The Morgan fingerprint density at radius 2 is 2.27 bits per heavy atom. The second-order valence-corrected chi connectivity index (χ2v) is 1.73. The number of carboxylic acids is 1. The smallest absolute Gasteiger partial charge is 0.354 e. The van der Waals surface area contributed by atoms with Crippen LogP contribution in [0.3, 0.4) is 0 Å². The van der Waals surface area contributed by atoms with E-state index >= 15 is 0 Å². The van der Waals surface area contributed by atoms with E-state index in [1.165, 1.54) is 6.20 Å². The molecule has 5 heteroatoms. The van der Waals surface area contributed by atoms with E-state index in [2.05, 4.69) is 9.97 Å². The topological polar surface area (TPSA) is 80.1 Å². The van der Waals surface area contributed by atoms with Crippen molar-refractivity contribution >= 4 is 5.97 Å². The van der Waals surface area contributed by atoms with Crippen LogP contribution in [0.15, 0.2) is 23.3 Å². The summed E-state index contributed by atoms with van der Waals surface area (Å²) in [6.07, 6.45) is 2.16. The van der Waals surface area contributed by atoms with Gasteiger partial charge in [0.15, 0.2) is 5.69 Å². The second kappa shape index (κ2) is 2.87. The second-order valence-electron chi connectivity index (χ2n) is 1.73. The van der Waals surface area contributed by atoms with Gasteiger partial charge in [-0.25, -0.2) is 9.78 Å². The zero-order valence-corrected chi connectivity index (χ0v) is 5.39. The van der Waals surface area contributed by atoms with Gasteiger partial charge in [-0.2, -0.15) is 0 Å². The van der Waals surface area contributed by atoms with Crippen LogP contribution in [0.4, 0.5) is 0 Å². The molecule has 0 radical (unpaired) electrons. The highest BCUT2D eigenvalue weighted by Crippen LogP contribution is 1.85. The largest absolute Gasteiger partial charge is 0.477 e. The zero-order valence-electron chi connectivity index (χ0n) is 5.39. The molecule has 0 amide bonds. The maximum absolute atomic E-state index is 10.6. The summed E-state index contributed by atoms with van der Waals surface area (Å²) in [5.74, 6) is -1.24. The van der Waals surface area contributed by atoms with E-state index in [9.17, 15) is 9.59 Å². The van der Waals surface area contributed by atoms with Gasteiger partial charge < -0.3 is 5.11 Å². The minimum atomic E-state index is -1.24. The van der Waals surface area contributed by atoms with E-state index in [1.807, 2.05) is 0 Å². The summed E-state index contributed by atoms with van der Waals surface area (Å²) in [5.41, 5.74) is -0.958. The van der Waals surface area contributed by atoms with Gasteiger partial charge in [-0.05, 0) is 6.07 Å². The van der Waals surface area contributed by atoms with Crippen molar-refractivity contribution in [2.45, 2.75) is 0 Å². The Morgan fingerprint density at radius 3 is 2.91 bits per heavy atom. The monoisotopic (exact) mass is 152 g/mol. The van der Waals surface area contributed by atoms with E-state index in [0.29, 0.717) is 0 Å². The molecule has 1 aromatic rings. The lowest BCUT2D eigenvalue weighted by atomic mass is 10.4. The molecule has 0 spiro atoms. The summed E-state index contributed by atoms with van der Waals surface area (Å²) < 4.78 is 0. The van der Waals surface area contributed by atoms with Gasteiger partial charge >= 0.3 is 5.97 Å². The highest BCUT2D eigenvalue weighted by atomic mass is 16.4. The molecular weight excluding hydrogens is 148 g/mol. The van der Waals surface area contributed by atoms with Crippen molar-refractivity contribution in [3.05, 3.63) is 34.5 Å². The van der Waals surface area contributed by atoms with Crippen LogP contribution in [0.5, 0.6) is 0 Å². The number of carbonyl (C=O) groups is 1. The fraction of sp³-hybridized carbons (Fsp3) is 0. The number of aromatic carboxylic acids is 1. The lowest BCUT2D eigenvalue weighted by molar-refractivity contribution is 0.0690. The van der Waals surface area contributed by atoms with Gasteiger partial charge in [0.2, 0.25) is 0 Å². The first-order chi connectivity index (χ1) is 5.20. The molecule has 0 aliphatic rings. The van der Waals surface area contributed by atoms with Crippen molar-refractivity contribution in [3.63, 3.8) is 0 Å². The third-order valence-electron chi connectivity index (χ3n) is 0.953. The molecule has 56 valence electrons. The Kier molecular flexibility index (Phi) is 1.91. The van der Waals surface area contributed by atoms with Gasteiger partial charge in [0, 0.05) is 6.20 Å². The molecule has 0 atom stereocenters. The number of nitrogens with zero attached hydrogens (tertiary/aromatic N) is 2. The molecule has 5 nitrogen and oxygen atoms in total. The minimum absolute atomic E-state index is 0.299. The van der Waals surface area contributed by atoms with Crippen LogP contribution >= 0.6 is 0 Å². The average molecular weight is 152 g/mol. The minimum Gasteiger partial charge on any atom is -0.477 e. The van der Waals surface area contributed by atoms with Crippen molar-refractivity contribution in [2.24, 2.45) is 0 Å². The summed E-state index contributed by atoms with van der Waals surface area (Å²) in [6.45, 7) is 0. The molecule has 0 bridgehead atoms. The van der Waals surface area contributed by atoms with Crippen LogP contribution < -0.4 is 5.56 Å².